The predicted octanol–water partition coefficient (Wildman–Crippen LogP) is 3.14. The number of furan rings is 1. The molecular formula is C15H14BrN5O2S. The van der Waals surface area contributed by atoms with Crippen LogP contribution in [0.5, 0.6) is 0 Å². The number of anilines is 1. The highest BCUT2D eigenvalue weighted by Gasteiger charge is 2.14. The molecule has 2 heterocycles. The number of aromatic nitrogens is 3. The maximum Gasteiger partial charge on any atom is 0.225 e. The quantitative estimate of drug-likeness (QED) is 0.480. The van der Waals surface area contributed by atoms with Crippen LogP contribution >= 0.6 is 27.7 Å². The van der Waals surface area contributed by atoms with Crippen molar-refractivity contribution < 1.29 is 9.21 Å². The number of thioether (sulfide) groups is 1. The molecule has 0 bridgehead atoms. The average molecular weight is 408 g/mol. The van der Waals surface area contributed by atoms with Gasteiger partial charge in [0, 0.05) is 22.3 Å². The van der Waals surface area contributed by atoms with Crippen molar-refractivity contribution in [1.82, 2.24) is 14.9 Å². The maximum absolute atomic E-state index is 11.9. The summed E-state index contributed by atoms with van der Waals surface area (Å²) in [6.45, 7) is 0. The molecule has 3 rings (SSSR count). The zero-order chi connectivity index (χ0) is 16.9. The van der Waals surface area contributed by atoms with Gasteiger partial charge in [-0.1, -0.05) is 27.7 Å². The van der Waals surface area contributed by atoms with Crippen LogP contribution in [0.3, 0.4) is 0 Å². The van der Waals surface area contributed by atoms with Crippen molar-refractivity contribution in [2.45, 2.75) is 11.6 Å². The first kappa shape index (κ1) is 16.6. The summed E-state index contributed by atoms with van der Waals surface area (Å²) in [6.07, 6.45) is 1.88. The fourth-order valence-electron chi connectivity index (χ4n) is 1.94. The molecule has 3 aromatic rings. The minimum Gasteiger partial charge on any atom is -0.461 e. The summed E-state index contributed by atoms with van der Waals surface area (Å²) < 4.78 is 7.57. The summed E-state index contributed by atoms with van der Waals surface area (Å²) in [5.41, 5.74) is 0.760. The SMILES string of the molecule is Nn1c(SCCC(=O)Nc2ccc(Br)cc2)nnc1-c1ccco1. The number of carbonyl (C=O) groups excluding carboxylic acids is 1. The molecule has 7 nitrogen and oxygen atoms in total. The Bertz CT molecular complexity index is 817. The van der Waals surface area contributed by atoms with Crippen molar-refractivity contribution in [3.8, 4) is 11.6 Å². The molecule has 2 aromatic heterocycles. The van der Waals surface area contributed by atoms with Gasteiger partial charge in [-0.2, -0.15) is 0 Å². The zero-order valence-electron chi connectivity index (χ0n) is 12.5. The maximum atomic E-state index is 11.9. The van der Waals surface area contributed by atoms with Crippen LogP contribution < -0.4 is 11.2 Å². The molecule has 1 amide bonds. The fourth-order valence-corrected chi connectivity index (χ4v) is 3.00. The van der Waals surface area contributed by atoms with E-state index in [-0.39, 0.29) is 5.91 Å². The van der Waals surface area contributed by atoms with Crippen molar-refractivity contribution in [3.63, 3.8) is 0 Å². The van der Waals surface area contributed by atoms with Gasteiger partial charge in [0.05, 0.1) is 6.26 Å². The van der Waals surface area contributed by atoms with E-state index in [0.29, 0.717) is 28.9 Å². The molecule has 0 atom stereocenters. The van der Waals surface area contributed by atoms with E-state index >= 15 is 0 Å². The Labute approximate surface area is 150 Å². The monoisotopic (exact) mass is 407 g/mol. The van der Waals surface area contributed by atoms with Crippen molar-refractivity contribution in [2.24, 2.45) is 0 Å². The van der Waals surface area contributed by atoms with Crippen LogP contribution in [-0.2, 0) is 4.79 Å². The molecule has 0 saturated heterocycles. The number of nitrogen functional groups attached to an aromatic ring is 1. The van der Waals surface area contributed by atoms with E-state index in [1.807, 2.05) is 24.3 Å². The Morgan fingerprint density at radius 3 is 2.79 bits per heavy atom. The van der Waals surface area contributed by atoms with Gasteiger partial charge in [0.2, 0.25) is 16.9 Å². The number of hydrogen-bond donors (Lipinski definition) is 2. The molecule has 0 radical (unpaired) electrons. The second-order valence-corrected chi connectivity index (χ2v) is 6.78. The molecule has 0 aliphatic rings. The molecule has 124 valence electrons. The van der Waals surface area contributed by atoms with Crippen LogP contribution in [0.25, 0.3) is 11.6 Å². The second kappa shape index (κ2) is 7.54. The lowest BCUT2D eigenvalue weighted by molar-refractivity contribution is -0.115. The summed E-state index contributed by atoms with van der Waals surface area (Å²) in [5, 5.41) is 11.4. The van der Waals surface area contributed by atoms with Gasteiger partial charge in [-0.05, 0) is 36.4 Å². The Kier molecular flexibility index (Phi) is 5.21. The Morgan fingerprint density at radius 1 is 1.29 bits per heavy atom. The van der Waals surface area contributed by atoms with Gasteiger partial charge < -0.3 is 15.6 Å². The molecule has 1 aromatic carbocycles. The zero-order valence-corrected chi connectivity index (χ0v) is 14.9. The third kappa shape index (κ3) is 3.98. The number of rotatable bonds is 6. The van der Waals surface area contributed by atoms with Crippen LogP contribution in [0.1, 0.15) is 6.42 Å². The molecular weight excluding hydrogens is 394 g/mol. The lowest BCUT2D eigenvalue weighted by atomic mass is 10.3. The van der Waals surface area contributed by atoms with E-state index in [9.17, 15) is 4.79 Å². The van der Waals surface area contributed by atoms with Crippen LogP contribution in [0.15, 0.2) is 56.7 Å². The third-order valence-corrected chi connectivity index (χ3v) is 4.57. The minimum atomic E-state index is -0.0702. The Balaban J connectivity index is 1.51. The number of benzene rings is 1. The summed E-state index contributed by atoms with van der Waals surface area (Å²) in [7, 11) is 0. The second-order valence-electron chi connectivity index (χ2n) is 4.81. The summed E-state index contributed by atoms with van der Waals surface area (Å²) in [5.74, 6) is 7.41. The Morgan fingerprint density at radius 2 is 2.08 bits per heavy atom. The van der Waals surface area contributed by atoms with Crippen LogP contribution in [0.2, 0.25) is 0 Å². The van der Waals surface area contributed by atoms with E-state index in [0.717, 1.165) is 10.2 Å². The average Bonchev–Trinajstić information content (AvgIpc) is 3.20. The Hall–Kier alpha value is -2.26. The number of hydrogen-bond acceptors (Lipinski definition) is 6. The van der Waals surface area contributed by atoms with E-state index in [1.165, 1.54) is 16.4 Å². The number of nitrogens with zero attached hydrogens (tertiary/aromatic N) is 3. The number of nitrogens with two attached hydrogens (primary N) is 1. The van der Waals surface area contributed by atoms with E-state index in [2.05, 4.69) is 31.4 Å². The fraction of sp³-hybridized carbons (Fsp3) is 0.133. The van der Waals surface area contributed by atoms with Gasteiger partial charge in [0.1, 0.15) is 0 Å². The van der Waals surface area contributed by atoms with Gasteiger partial charge in [-0.15, -0.1) is 10.2 Å². The highest BCUT2D eigenvalue weighted by Crippen LogP contribution is 2.22. The minimum absolute atomic E-state index is 0.0702. The molecule has 0 aliphatic heterocycles. The molecule has 0 spiro atoms. The van der Waals surface area contributed by atoms with Crippen molar-refractivity contribution in [1.29, 1.82) is 0 Å². The van der Waals surface area contributed by atoms with Crippen LogP contribution in [0, 0.1) is 0 Å². The van der Waals surface area contributed by atoms with Crippen molar-refractivity contribution >= 4 is 39.3 Å². The first-order valence-corrected chi connectivity index (χ1v) is 8.84. The third-order valence-electron chi connectivity index (χ3n) is 3.09. The van der Waals surface area contributed by atoms with E-state index < -0.39 is 0 Å². The lowest BCUT2D eigenvalue weighted by Gasteiger charge is -2.05. The summed E-state index contributed by atoms with van der Waals surface area (Å²) >= 11 is 4.71. The first-order valence-electron chi connectivity index (χ1n) is 7.06. The topological polar surface area (TPSA) is 99.0 Å². The van der Waals surface area contributed by atoms with Gasteiger partial charge in [0.15, 0.2) is 5.76 Å². The largest absolute Gasteiger partial charge is 0.461 e. The number of carbonyl (C=O) groups is 1. The molecule has 0 fully saturated rings. The standard InChI is InChI=1S/C15H14BrN5O2S/c16-10-3-5-11(6-4-10)18-13(22)7-9-24-15-20-19-14(21(15)17)12-2-1-8-23-12/h1-6,8H,7,9,17H2,(H,18,22). The normalized spacial score (nSPS) is 10.7. The van der Waals surface area contributed by atoms with Crippen molar-refractivity contribution in [2.75, 3.05) is 16.9 Å². The molecule has 3 N–H and O–H groups in total. The van der Waals surface area contributed by atoms with Gasteiger partial charge >= 0.3 is 0 Å². The first-order chi connectivity index (χ1) is 11.6. The van der Waals surface area contributed by atoms with Gasteiger partial charge in [0.25, 0.3) is 0 Å². The lowest BCUT2D eigenvalue weighted by Crippen LogP contribution is -2.14. The summed E-state index contributed by atoms with van der Waals surface area (Å²) in [6, 6.07) is 10.9. The highest BCUT2D eigenvalue weighted by atomic mass is 79.9. The highest BCUT2D eigenvalue weighted by molar-refractivity contribution is 9.10. The smallest absolute Gasteiger partial charge is 0.225 e. The predicted molar refractivity (Wildman–Crippen MR) is 96.0 cm³/mol. The van der Waals surface area contributed by atoms with Crippen LogP contribution in [0.4, 0.5) is 5.69 Å². The van der Waals surface area contributed by atoms with E-state index in [1.54, 1.807) is 18.4 Å². The molecule has 0 unspecified atom stereocenters. The van der Waals surface area contributed by atoms with Crippen molar-refractivity contribution in [3.05, 3.63) is 47.1 Å². The number of halogens is 1. The van der Waals surface area contributed by atoms with E-state index in [4.69, 9.17) is 10.3 Å². The number of nitrogens with one attached hydrogen (secondary N) is 1. The molecule has 9 heteroatoms. The van der Waals surface area contributed by atoms with Gasteiger partial charge in [-0.3, -0.25) is 4.79 Å². The number of amides is 1. The summed E-state index contributed by atoms with van der Waals surface area (Å²) in [4.78, 5) is 11.9. The van der Waals surface area contributed by atoms with Gasteiger partial charge in [-0.25, -0.2) is 4.68 Å². The molecule has 24 heavy (non-hydrogen) atoms. The molecule has 0 aliphatic carbocycles. The van der Waals surface area contributed by atoms with Crippen LogP contribution in [-0.4, -0.2) is 26.5 Å². The molecule has 0 saturated carbocycles.